The lowest BCUT2D eigenvalue weighted by atomic mass is 9.99. The predicted molar refractivity (Wildman–Crippen MR) is 174 cm³/mol. The molecule has 0 radical (unpaired) electrons. The Morgan fingerprint density at radius 2 is 0.639 bits per heavy atom. The molecule has 1 fully saturated rings. The first kappa shape index (κ1) is 34.9. The molecular weight excluding hydrogens is 470 g/mol. The maximum absolute atomic E-state index is 2.37. The normalized spacial score (nSPS) is 15.8. The second-order valence-corrected chi connectivity index (χ2v) is 18.2. The van der Waals surface area contributed by atoms with Gasteiger partial charge in [-0.15, -0.1) is 0 Å². The average molecular weight is 541 g/mol. The Balaban J connectivity index is 2.95. The van der Waals surface area contributed by atoms with E-state index < -0.39 is 0 Å². The molecule has 0 atom stereocenters. The largest absolute Gasteiger partial charge is 0.0959 e. The van der Waals surface area contributed by atoms with E-state index in [0.717, 1.165) is 4.90 Å². The van der Waals surface area contributed by atoms with E-state index in [1.807, 2.05) is 0 Å². The third-order valence-electron chi connectivity index (χ3n) is 8.96. The van der Waals surface area contributed by atoms with Crippen LogP contribution < -0.4 is 0 Å². The molecule has 0 nitrogen and oxygen atoms in total. The van der Waals surface area contributed by atoms with Crippen LogP contribution in [0, 0.1) is 0 Å². The van der Waals surface area contributed by atoms with Gasteiger partial charge in [-0.2, -0.15) is 0 Å². The maximum Gasteiger partial charge on any atom is 0.0106 e. The second-order valence-electron chi connectivity index (χ2n) is 12.2. The lowest BCUT2D eigenvalue weighted by Crippen LogP contribution is -2.32. The molecule has 0 aliphatic heterocycles. The second kappa shape index (κ2) is 24.9. The van der Waals surface area contributed by atoms with Crippen LogP contribution in [0.5, 0.6) is 0 Å². The molecule has 1 saturated carbocycles. The lowest BCUT2D eigenvalue weighted by molar-refractivity contribution is 0.474. The van der Waals surface area contributed by atoms with Gasteiger partial charge in [0.2, 0.25) is 0 Å². The summed E-state index contributed by atoms with van der Waals surface area (Å²) in [6.45, 7) is 9.48. The third-order valence-corrected chi connectivity index (χ3v) is 17.3. The highest BCUT2D eigenvalue weighted by molar-refractivity contribution is 7.77. The number of hydrogen-bond donors (Lipinski definition) is 0. The van der Waals surface area contributed by atoms with Gasteiger partial charge in [-0.25, -0.2) is 0 Å². The van der Waals surface area contributed by atoms with Crippen molar-refractivity contribution in [2.24, 2.45) is 0 Å². The molecule has 0 N–H and O–H groups in total. The molecule has 2 heteroatoms. The maximum atomic E-state index is 2.37. The van der Waals surface area contributed by atoms with Crippen LogP contribution in [0.1, 0.15) is 188 Å². The van der Waals surface area contributed by atoms with Crippen molar-refractivity contribution < 1.29 is 0 Å². The third kappa shape index (κ3) is 15.5. The standard InChI is InChI=1S/C34H70P2/c1-5-9-13-17-24-30-35(31-25-18-14-10-6-2)34(28-22-21-23-29-34)36(32-26-19-15-11-7-3)33-27-20-16-12-8-4/h5-33H2,1-4H3. The van der Waals surface area contributed by atoms with Crippen molar-refractivity contribution in [1.82, 2.24) is 0 Å². The molecule has 0 saturated heterocycles. The summed E-state index contributed by atoms with van der Waals surface area (Å²) >= 11 is 0. The predicted octanol–water partition coefficient (Wildman–Crippen LogP) is 13.5. The van der Waals surface area contributed by atoms with Crippen LogP contribution in [-0.4, -0.2) is 29.5 Å². The van der Waals surface area contributed by atoms with Gasteiger partial charge >= 0.3 is 0 Å². The van der Waals surface area contributed by atoms with Crippen LogP contribution in [0.3, 0.4) is 0 Å². The highest BCUT2D eigenvalue weighted by atomic mass is 31.2. The molecule has 0 unspecified atom stereocenters. The highest BCUT2D eigenvalue weighted by Crippen LogP contribution is 2.73. The Morgan fingerprint density at radius 1 is 0.361 bits per heavy atom. The van der Waals surface area contributed by atoms with E-state index in [-0.39, 0.29) is 15.8 Å². The van der Waals surface area contributed by atoms with Crippen molar-refractivity contribution in [2.45, 2.75) is 193 Å². The summed E-state index contributed by atoms with van der Waals surface area (Å²) in [4.78, 5) is 0.827. The first-order valence-electron chi connectivity index (χ1n) is 17.2. The van der Waals surface area contributed by atoms with E-state index in [9.17, 15) is 0 Å². The summed E-state index contributed by atoms with van der Waals surface area (Å²) in [6.07, 6.45) is 44.1. The van der Waals surface area contributed by atoms with Crippen LogP contribution in [0.4, 0.5) is 0 Å². The fourth-order valence-corrected chi connectivity index (χ4v) is 15.9. The van der Waals surface area contributed by atoms with Gasteiger partial charge in [-0.05, 0) is 63.2 Å². The minimum Gasteiger partial charge on any atom is -0.0959 e. The molecule has 0 spiro atoms. The zero-order chi connectivity index (χ0) is 26.2. The molecule has 36 heavy (non-hydrogen) atoms. The van der Waals surface area contributed by atoms with Crippen LogP contribution >= 0.6 is 15.8 Å². The van der Waals surface area contributed by atoms with E-state index in [4.69, 9.17) is 0 Å². The molecule has 216 valence electrons. The van der Waals surface area contributed by atoms with Gasteiger partial charge in [0.1, 0.15) is 0 Å². The number of hydrogen-bond acceptors (Lipinski definition) is 0. The van der Waals surface area contributed by atoms with E-state index in [2.05, 4.69) is 27.7 Å². The van der Waals surface area contributed by atoms with Crippen LogP contribution in [0.2, 0.25) is 0 Å². The summed E-state index contributed by atoms with van der Waals surface area (Å²) in [5.74, 6) is 0. The summed E-state index contributed by atoms with van der Waals surface area (Å²) in [5.41, 5.74) is 0. The van der Waals surface area contributed by atoms with Crippen LogP contribution in [0.25, 0.3) is 0 Å². The van der Waals surface area contributed by atoms with Crippen LogP contribution in [-0.2, 0) is 0 Å². The minimum atomic E-state index is 0.230. The summed E-state index contributed by atoms with van der Waals surface area (Å²) in [6, 6.07) is 0. The monoisotopic (exact) mass is 540 g/mol. The van der Waals surface area contributed by atoms with Crippen molar-refractivity contribution in [3.63, 3.8) is 0 Å². The average Bonchev–Trinajstić information content (AvgIpc) is 2.90. The van der Waals surface area contributed by atoms with Gasteiger partial charge in [0.05, 0.1) is 0 Å². The SMILES string of the molecule is CCCCCCCP(CCCCCCC)C1(P(CCCCCCC)CCCCCCC)CCCCC1. The van der Waals surface area contributed by atoms with E-state index in [0.29, 0.717) is 0 Å². The Morgan fingerprint density at radius 3 is 0.917 bits per heavy atom. The number of rotatable bonds is 26. The van der Waals surface area contributed by atoms with Gasteiger partial charge < -0.3 is 0 Å². The van der Waals surface area contributed by atoms with E-state index in [1.54, 1.807) is 76.0 Å². The Labute approximate surface area is 233 Å². The highest BCUT2D eigenvalue weighted by Gasteiger charge is 2.44. The van der Waals surface area contributed by atoms with Gasteiger partial charge in [-0.1, -0.05) is 166 Å². The molecule has 0 amide bonds. The smallest absolute Gasteiger partial charge is 0.0106 e. The van der Waals surface area contributed by atoms with Gasteiger partial charge in [0.25, 0.3) is 0 Å². The Kier molecular flexibility index (Phi) is 24.1. The van der Waals surface area contributed by atoms with E-state index in [1.165, 1.54) is 109 Å². The van der Waals surface area contributed by atoms with E-state index >= 15 is 0 Å². The van der Waals surface area contributed by atoms with Crippen molar-refractivity contribution in [3.8, 4) is 0 Å². The summed E-state index contributed by atoms with van der Waals surface area (Å²) < 4.78 is 0. The minimum absolute atomic E-state index is 0.230. The molecule has 0 heterocycles. The first-order chi connectivity index (χ1) is 17.7. The molecule has 0 aromatic heterocycles. The van der Waals surface area contributed by atoms with Gasteiger partial charge in [-0.3, -0.25) is 0 Å². The van der Waals surface area contributed by atoms with Crippen LogP contribution in [0.15, 0.2) is 0 Å². The van der Waals surface area contributed by atoms with Gasteiger partial charge in [0, 0.05) is 4.90 Å². The van der Waals surface area contributed by atoms with Crippen molar-refractivity contribution >= 4 is 15.8 Å². The summed E-state index contributed by atoms with van der Waals surface area (Å²) in [7, 11) is 0.459. The first-order valence-corrected chi connectivity index (χ1v) is 20.7. The lowest BCUT2D eigenvalue weighted by Gasteiger charge is -2.50. The zero-order valence-corrected chi connectivity index (χ0v) is 27.7. The zero-order valence-electron chi connectivity index (χ0n) is 25.9. The topological polar surface area (TPSA) is 0 Å². The molecular formula is C34H70P2. The molecule has 1 aliphatic rings. The fraction of sp³-hybridized carbons (Fsp3) is 1.00. The molecule has 0 aromatic rings. The quantitative estimate of drug-likeness (QED) is 0.0756. The van der Waals surface area contributed by atoms with Crippen molar-refractivity contribution in [2.75, 3.05) is 24.6 Å². The molecule has 1 aliphatic carbocycles. The molecule has 0 aromatic carbocycles. The molecule has 0 bridgehead atoms. The molecule has 1 rings (SSSR count). The Hall–Kier alpha value is 0.860. The summed E-state index contributed by atoms with van der Waals surface area (Å²) in [5, 5.41) is 0. The fourth-order valence-electron chi connectivity index (χ4n) is 6.63. The van der Waals surface area contributed by atoms with Crippen molar-refractivity contribution in [1.29, 1.82) is 0 Å². The number of unbranched alkanes of at least 4 members (excludes halogenated alkanes) is 16. The Bertz CT molecular complexity index is 380. The van der Waals surface area contributed by atoms with Crippen molar-refractivity contribution in [3.05, 3.63) is 0 Å². The van der Waals surface area contributed by atoms with Gasteiger partial charge in [0.15, 0.2) is 0 Å².